The molecule has 0 saturated carbocycles. The second kappa shape index (κ2) is 5.14. The highest BCUT2D eigenvalue weighted by Gasteiger charge is 2.16. The summed E-state index contributed by atoms with van der Waals surface area (Å²) in [5.74, 6) is -0.0122. The van der Waals surface area contributed by atoms with Gasteiger partial charge in [0.25, 0.3) is 0 Å². The van der Waals surface area contributed by atoms with Gasteiger partial charge in [0, 0.05) is 37.6 Å². The van der Waals surface area contributed by atoms with Crippen LogP contribution in [0.4, 0.5) is 5.69 Å². The molecular weight excluding hydrogens is 282 g/mol. The fraction of sp³-hybridized carbons (Fsp3) is 0.500. The lowest BCUT2D eigenvalue weighted by Crippen LogP contribution is -2.44. The number of anilines is 1. The predicted molar refractivity (Wildman–Crippen MR) is 71.7 cm³/mol. The fourth-order valence-corrected chi connectivity index (χ4v) is 2.54. The first-order valence-corrected chi connectivity index (χ1v) is 6.47. The molecule has 0 spiro atoms. The molecule has 2 rings (SSSR count). The Morgan fingerprint density at radius 3 is 2.53 bits per heavy atom. The summed E-state index contributed by atoms with van der Waals surface area (Å²) in [6, 6.07) is 1.98. The summed E-state index contributed by atoms with van der Waals surface area (Å²) < 4.78 is 0.779. The molecule has 17 heavy (non-hydrogen) atoms. The van der Waals surface area contributed by atoms with Crippen molar-refractivity contribution in [2.24, 2.45) is 0 Å². The molecule has 92 valence electrons. The van der Waals surface area contributed by atoms with E-state index in [1.54, 1.807) is 6.20 Å². The normalized spacial score (nSPS) is 17.2. The molecule has 4 nitrogen and oxygen atoms in total. The Hall–Kier alpha value is -0.940. The lowest BCUT2D eigenvalue weighted by atomic mass is 10.2. The predicted octanol–water partition coefficient (Wildman–Crippen LogP) is 1.80. The molecule has 1 saturated heterocycles. The van der Waals surface area contributed by atoms with Crippen LogP contribution < -0.4 is 4.90 Å². The summed E-state index contributed by atoms with van der Waals surface area (Å²) in [6.07, 6.45) is 1.78. The van der Waals surface area contributed by atoms with Gasteiger partial charge in [0.05, 0.1) is 11.9 Å². The van der Waals surface area contributed by atoms with Gasteiger partial charge in [-0.25, -0.2) is 4.98 Å². The highest BCUT2D eigenvalue weighted by molar-refractivity contribution is 9.10. The third-order valence-corrected chi connectivity index (χ3v) is 3.63. The summed E-state index contributed by atoms with van der Waals surface area (Å²) in [5.41, 5.74) is 1.58. The van der Waals surface area contributed by atoms with Crippen molar-refractivity contribution in [2.75, 3.05) is 38.1 Å². The van der Waals surface area contributed by atoms with Crippen LogP contribution in [-0.2, 0) is 0 Å². The first-order valence-electron chi connectivity index (χ1n) is 5.68. The third-order valence-electron chi connectivity index (χ3n) is 3.03. The number of hydrogen-bond acceptors (Lipinski definition) is 4. The number of likely N-dealkylation sites (N-methyl/N-ethyl adjacent to an activating group) is 1. The maximum atomic E-state index is 11.3. The van der Waals surface area contributed by atoms with Gasteiger partial charge in [0.15, 0.2) is 5.78 Å². The zero-order chi connectivity index (χ0) is 12.4. The Kier molecular flexibility index (Phi) is 3.79. The van der Waals surface area contributed by atoms with E-state index < -0.39 is 0 Å². The van der Waals surface area contributed by atoms with Crippen LogP contribution in [0.25, 0.3) is 0 Å². The number of pyridine rings is 1. The van der Waals surface area contributed by atoms with Gasteiger partial charge in [-0.1, -0.05) is 0 Å². The molecule has 0 N–H and O–H groups in total. The van der Waals surface area contributed by atoms with Crippen molar-refractivity contribution in [2.45, 2.75) is 6.92 Å². The van der Waals surface area contributed by atoms with E-state index >= 15 is 0 Å². The van der Waals surface area contributed by atoms with E-state index in [9.17, 15) is 4.79 Å². The smallest absolute Gasteiger partial charge is 0.179 e. The van der Waals surface area contributed by atoms with Crippen LogP contribution in [0, 0.1) is 0 Å². The monoisotopic (exact) mass is 297 g/mol. The quantitative estimate of drug-likeness (QED) is 0.780. The van der Waals surface area contributed by atoms with Gasteiger partial charge < -0.3 is 9.80 Å². The minimum Gasteiger partial charge on any atom is -0.368 e. The maximum absolute atomic E-state index is 11.3. The third kappa shape index (κ3) is 2.84. The van der Waals surface area contributed by atoms with Crippen molar-refractivity contribution in [3.05, 3.63) is 22.4 Å². The minimum atomic E-state index is -0.0122. The molecule has 1 aromatic heterocycles. The second-order valence-corrected chi connectivity index (χ2v) is 5.22. The number of nitrogens with zero attached hydrogens (tertiary/aromatic N) is 3. The molecule has 1 fully saturated rings. The van der Waals surface area contributed by atoms with Gasteiger partial charge in [-0.3, -0.25) is 4.79 Å². The van der Waals surface area contributed by atoms with E-state index in [1.807, 2.05) is 6.07 Å². The fourth-order valence-electron chi connectivity index (χ4n) is 1.92. The summed E-state index contributed by atoms with van der Waals surface area (Å²) >= 11 is 3.41. The molecule has 0 radical (unpaired) electrons. The van der Waals surface area contributed by atoms with Gasteiger partial charge in [-0.05, 0) is 29.0 Å². The van der Waals surface area contributed by atoms with E-state index in [0.29, 0.717) is 5.69 Å². The number of piperazine rings is 1. The van der Waals surface area contributed by atoms with Gasteiger partial charge in [-0.2, -0.15) is 0 Å². The van der Waals surface area contributed by atoms with E-state index in [1.165, 1.54) is 6.92 Å². The number of rotatable bonds is 2. The van der Waals surface area contributed by atoms with Gasteiger partial charge >= 0.3 is 0 Å². The Bertz CT molecular complexity index is 428. The number of carbonyl (C=O) groups is 1. The molecule has 0 amide bonds. The molecule has 0 unspecified atom stereocenters. The van der Waals surface area contributed by atoms with Gasteiger partial charge in [0.1, 0.15) is 5.69 Å². The molecule has 0 atom stereocenters. The molecular formula is C12H16BrN3O. The number of ketones is 1. The molecule has 0 aromatic carbocycles. The largest absolute Gasteiger partial charge is 0.368 e. The van der Waals surface area contributed by atoms with Crippen LogP contribution in [0.5, 0.6) is 0 Å². The molecule has 1 aliphatic heterocycles. The minimum absolute atomic E-state index is 0.0122. The molecule has 1 aliphatic rings. The van der Waals surface area contributed by atoms with Crippen molar-refractivity contribution in [3.8, 4) is 0 Å². The molecule has 2 heterocycles. The standard InChI is InChI=1S/C12H16BrN3O/c1-9(17)12-11(13)7-10(8-14-12)16-5-3-15(2)4-6-16/h7-8H,3-6H2,1-2H3. The first-order chi connectivity index (χ1) is 8.08. The van der Waals surface area contributed by atoms with Crippen molar-refractivity contribution < 1.29 is 4.79 Å². The summed E-state index contributed by atoms with van der Waals surface area (Å²) in [6.45, 7) is 5.66. The average molecular weight is 298 g/mol. The maximum Gasteiger partial charge on any atom is 0.179 e. The van der Waals surface area contributed by atoms with Gasteiger partial charge in [0.2, 0.25) is 0 Å². The molecule has 1 aromatic rings. The van der Waals surface area contributed by atoms with Crippen LogP contribution >= 0.6 is 15.9 Å². The van der Waals surface area contributed by atoms with E-state index in [-0.39, 0.29) is 5.78 Å². The van der Waals surface area contributed by atoms with Crippen molar-refractivity contribution in [1.82, 2.24) is 9.88 Å². The van der Waals surface area contributed by atoms with Crippen molar-refractivity contribution >= 4 is 27.4 Å². The number of carbonyl (C=O) groups excluding carboxylic acids is 1. The van der Waals surface area contributed by atoms with Gasteiger partial charge in [-0.15, -0.1) is 0 Å². The van der Waals surface area contributed by atoms with Crippen LogP contribution in [0.15, 0.2) is 16.7 Å². The summed E-state index contributed by atoms with van der Waals surface area (Å²) in [7, 11) is 2.13. The van der Waals surface area contributed by atoms with E-state index in [2.05, 4.69) is 37.8 Å². The zero-order valence-corrected chi connectivity index (χ0v) is 11.7. The number of aromatic nitrogens is 1. The lowest BCUT2D eigenvalue weighted by molar-refractivity contribution is 0.101. The van der Waals surface area contributed by atoms with Crippen LogP contribution in [0.1, 0.15) is 17.4 Å². The highest BCUT2D eigenvalue weighted by atomic mass is 79.9. The zero-order valence-electron chi connectivity index (χ0n) is 10.1. The Morgan fingerprint density at radius 1 is 1.35 bits per heavy atom. The van der Waals surface area contributed by atoms with Crippen LogP contribution in [-0.4, -0.2) is 48.9 Å². The Morgan fingerprint density at radius 2 is 2.00 bits per heavy atom. The first kappa shape index (κ1) is 12.5. The lowest BCUT2D eigenvalue weighted by Gasteiger charge is -2.33. The number of halogens is 1. The molecule has 0 aliphatic carbocycles. The molecule has 0 bridgehead atoms. The van der Waals surface area contributed by atoms with Crippen LogP contribution in [0.3, 0.4) is 0 Å². The SMILES string of the molecule is CC(=O)c1ncc(N2CCN(C)CC2)cc1Br. The summed E-state index contributed by atoms with van der Waals surface area (Å²) in [4.78, 5) is 20.1. The summed E-state index contributed by atoms with van der Waals surface area (Å²) in [5, 5.41) is 0. The topological polar surface area (TPSA) is 36.4 Å². The van der Waals surface area contributed by atoms with E-state index in [0.717, 1.165) is 36.3 Å². The molecule has 5 heteroatoms. The van der Waals surface area contributed by atoms with Crippen molar-refractivity contribution in [1.29, 1.82) is 0 Å². The van der Waals surface area contributed by atoms with Crippen molar-refractivity contribution in [3.63, 3.8) is 0 Å². The number of hydrogen-bond donors (Lipinski definition) is 0. The highest BCUT2D eigenvalue weighted by Crippen LogP contribution is 2.23. The Labute approximate surface area is 110 Å². The van der Waals surface area contributed by atoms with E-state index in [4.69, 9.17) is 0 Å². The second-order valence-electron chi connectivity index (χ2n) is 4.37. The average Bonchev–Trinajstić information content (AvgIpc) is 2.29. The van der Waals surface area contributed by atoms with Crippen LogP contribution in [0.2, 0.25) is 0 Å². The Balaban J connectivity index is 2.17. The number of Topliss-reactive ketones (excluding diaryl/α,β-unsaturated/α-hetero) is 1.